The second-order valence-electron chi connectivity index (χ2n) is 4.13. The lowest BCUT2D eigenvalue weighted by Gasteiger charge is -2.21. The standard InChI is InChI=1S/C13H13N3O3/c17-13(15-8-9-4-6-19-16-9)10-2-1-3-11-12(10)18-7-5-14-11/h1-4,6,14H,5,7-8H2,(H,15,17). The predicted molar refractivity (Wildman–Crippen MR) is 68.1 cm³/mol. The maximum Gasteiger partial charge on any atom is 0.255 e. The van der Waals surface area contributed by atoms with Gasteiger partial charge in [-0.15, -0.1) is 0 Å². The van der Waals surface area contributed by atoms with Crippen LogP contribution in [0.2, 0.25) is 0 Å². The van der Waals surface area contributed by atoms with E-state index in [0.29, 0.717) is 30.2 Å². The highest BCUT2D eigenvalue weighted by Gasteiger charge is 2.18. The van der Waals surface area contributed by atoms with Gasteiger partial charge in [-0.3, -0.25) is 4.79 Å². The monoisotopic (exact) mass is 259 g/mol. The molecule has 6 nitrogen and oxygen atoms in total. The van der Waals surface area contributed by atoms with Gasteiger partial charge in [0.1, 0.15) is 18.6 Å². The Labute approximate surface area is 109 Å². The summed E-state index contributed by atoms with van der Waals surface area (Å²) >= 11 is 0. The highest BCUT2D eigenvalue weighted by molar-refractivity contribution is 5.98. The summed E-state index contributed by atoms with van der Waals surface area (Å²) in [7, 11) is 0. The summed E-state index contributed by atoms with van der Waals surface area (Å²) in [5.41, 5.74) is 2.05. The van der Waals surface area contributed by atoms with Gasteiger partial charge in [-0.1, -0.05) is 11.2 Å². The Bertz CT molecular complexity index is 581. The molecule has 0 radical (unpaired) electrons. The van der Waals surface area contributed by atoms with Crippen LogP contribution < -0.4 is 15.4 Å². The highest BCUT2D eigenvalue weighted by Crippen LogP contribution is 2.31. The molecule has 2 N–H and O–H groups in total. The number of carbonyl (C=O) groups is 1. The Kier molecular flexibility index (Phi) is 3.06. The molecule has 98 valence electrons. The molecule has 0 aliphatic carbocycles. The van der Waals surface area contributed by atoms with Gasteiger partial charge >= 0.3 is 0 Å². The Hall–Kier alpha value is -2.50. The molecule has 0 unspecified atom stereocenters. The van der Waals surface area contributed by atoms with Crippen molar-refractivity contribution in [1.82, 2.24) is 10.5 Å². The van der Waals surface area contributed by atoms with Gasteiger partial charge in [0, 0.05) is 12.6 Å². The van der Waals surface area contributed by atoms with E-state index in [2.05, 4.69) is 15.8 Å². The van der Waals surface area contributed by atoms with Crippen LogP contribution in [0, 0.1) is 0 Å². The zero-order valence-corrected chi connectivity index (χ0v) is 10.2. The van der Waals surface area contributed by atoms with E-state index in [-0.39, 0.29) is 5.91 Å². The summed E-state index contributed by atoms with van der Waals surface area (Å²) in [6.45, 7) is 1.63. The van der Waals surface area contributed by atoms with Crippen molar-refractivity contribution in [3.8, 4) is 5.75 Å². The summed E-state index contributed by atoms with van der Waals surface area (Å²) in [6, 6.07) is 7.16. The van der Waals surface area contributed by atoms with E-state index in [9.17, 15) is 4.79 Å². The van der Waals surface area contributed by atoms with Gasteiger partial charge in [0.05, 0.1) is 17.8 Å². The number of hydrogen-bond donors (Lipinski definition) is 2. The van der Waals surface area contributed by atoms with Crippen LogP contribution in [0.5, 0.6) is 5.75 Å². The Balaban J connectivity index is 1.76. The van der Waals surface area contributed by atoms with Crippen LogP contribution in [0.25, 0.3) is 0 Å². The molecule has 3 rings (SSSR count). The number of rotatable bonds is 3. The van der Waals surface area contributed by atoms with Crippen molar-refractivity contribution < 1.29 is 14.1 Å². The molecule has 1 aliphatic rings. The Morgan fingerprint density at radius 2 is 2.37 bits per heavy atom. The fourth-order valence-corrected chi connectivity index (χ4v) is 1.94. The molecule has 1 aromatic carbocycles. The van der Waals surface area contributed by atoms with Gasteiger partial charge in [0.25, 0.3) is 5.91 Å². The first-order valence-electron chi connectivity index (χ1n) is 6.02. The second-order valence-corrected chi connectivity index (χ2v) is 4.13. The number of nitrogens with one attached hydrogen (secondary N) is 2. The molecule has 6 heteroatoms. The minimum absolute atomic E-state index is 0.191. The third-order valence-corrected chi connectivity index (χ3v) is 2.84. The number of amides is 1. The quantitative estimate of drug-likeness (QED) is 0.871. The lowest BCUT2D eigenvalue weighted by atomic mass is 10.1. The van der Waals surface area contributed by atoms with Crippen molar-refractivity contribution in [3.05, 3.63) is 41.8 Å². The van der Waals surface area contributed by atoms with Crippen LogP contribution in [-0.4, -0.2) is 24.2 Å². The summed E-state index contributed by atoms with van der Waals surface area (Å²) in [6.07, 6.45) is 1.47. The van der Waals surface area contributed by atoms with Gasteiger partial charge < -0.3 is 19.9 Å². The molecular formula is C13H13N3O3. The van der Waals surface area contributed by atoms with E-state index in [1.54, 1.807) is 12.1 Å². The Morgan fingerprint density at radius 1 is 1.42 bits per heavy atom. The number of fused-ring (bicyclic) bond motifs is 1. The van der Waals surface area contributed by atoms with Crippen LogP contribution in [0.15, 0.2) is 35.1 Å². The number of anilines is 1. The highest BCUT2D eigenvalue weighted by atomic mass is 16.5. The Morgan fingerprint density at radius 3 is 3.21 bits per heavy atom. The molecule has 1 amide bonds. The zero-order chi connectivity index (χ0) is 13.1. The first kappa shape index (κ1) is 11.6. The fourth-order valence-electron chi connectivity index (χ4n) is 1.94. The van der Waals surface area contributed by atoms with E-state index in [4.69, 9.17) is 9.26 Å². The van der Waals surface area contributed by atoms with Crippen molar-refractivity contribution in [2.75, 3.05) is 18.5 Å². The number of carbonyl (C=O) groups excluding carboxylic acids is 1. The van der Waals surface area contributed by atoms with E-state index in [0.717, 1.165) is 12.2 Å². The molecule has 1 aromatic heterocycles. The molecule has 2 heterocycles. The topological polar surface area (TPSA) is 76.4 Å². The second kappa shape index (κ2) is 5.01. The molecular weight excluding hydrogens is 246 g/mol. The van der Waals surface area contributed by atoms with Crippen molar-refractivity contribution in [2.45, 2.75) is 6.54 Å². The normalized spacial score (nSPS) is 13.1. The average Bonchev–Trinajstić information content (AvgIpc) is 2.97. The zero-order valence-electron chi connectivity index (χ0n) is 10.2. The van der Waals surface area contributed by atoms with Crippen LogP contribution in [0.3, 0.4) is 0 Å². The van der Waals surface area contributed by atoms with Gasteiger partial charge in [-0.25, -0.2) is 0 Å². The fraction of sp³-hybridized carbons (Fsp3) is 0.231. The number of aromatic nitrogens is 1. The SMILES string of the molecule is O=C(NCc1ccon1)c1cccc2c1OCCN2. The summed E-state index contributed by atoms with van der Waals surface area (Å²) in [4.78, 5) is 12.1. The maximum atomic E-state index is 12.1. The van der Waals surface area contributed by atoms with E-state index in [1.165, 1.54) is 6.26 Å². The largest absolute Gasteiger partial charge is 0.489 e. The van der Waals surface area contributed by atoms with Gasteiger partial charge in [-0.05, 0) is 12.1 Å². The summed E-state index contributed by atoms with van der Waals surface area (Å²) in [5, 5.41) is 9.71. The molecule has 0 saturated carbocycles. The molecule has 0 spiro atoms. The third-order valence-electron chi connectivity index (χ3n) is 2.84. The lowest BCUT2D eigenvalue weighted by Crippen LogP contribution is -2.26. The number of ether oxygens (including phenoxy) is 1. The third kappa shape index (κ3) is 2.37. The molecule has 0 fully saturated rings. The molecule has 0 bridgehead atoms. The average molecular weight is 259 g/mol. The predicted octanol–water partition coefficient (Wildman–Crippen LogP) is 1.41. The van der Waals surface area contributed by atoms with Gasteiger partial charge in [-0.2, -0.15) is 0 Å². The molecule has 0 atom stereocenters. The maximum absolute atomic E-state index is 12.1. The van der Waals surface area contributed by atoms with Gasteiger partial charge in [0.15, 0.2) is 5.75 Å². The van der Waals surface area contributed by atoms with Gasteiger partial charge in [0.2, 0.25) is 0 Å². The van der Waals surface area contributed by atoms with E-state index in [1.807, 2.05) is 12.1 Å². The van der Waals surface area contributed by atoms with Crippen molar-refractivity contribution in [1.29, 1.82) is 0 Å². The number of benzene rings is 1. The first-order chi connectivity index (χ1) is 9.34. The minimum Gasteiger partial charge on any atom is -0.489 e. The molecule has 19 heavy (non-hydrogen) atoms. The molecule has 2 aromatic rings. The van der Waals surface area contributed by atoms with Crippen LogP contribution >= 0.6 is 0 Å². The number of hydrogen-bond acceptors (Lipinski definition) is 5. The molecule has 1 aliphatic heterocycles. The van der Waals surface area contributed by atoms with E-state index < -0.39 is 0 Å². The van der Waals surface area contributed by atoms with Crippen LogP contribution in [0.1, 0.15) is 16.1 Å². The minimum atomic E-state index is -0.191. The van der Waals surface area contributed by atoms with Crippen molar-refractivity contribution in [3.63, 3.8) is 0 Å². The summed E-state index contributed by atoms with van der Waals surface area (Å²) in [5.74, 6) is 0.412. The van der Waals surface area contributed by atoms with Crippen molar-refractivity contribution >= 4 is 11.6 Å². The van der Waals surface area contributed by atoms with Crippen LogP contribution in [0.4, 0.5) is 5.69 Å². The molecule has 0 saturated heterocycles. The lowest BCUT2D eigenvalue weighted by molar-refractivity contribution is 0.0946. The van der Waals surface area contributed by atoms with E-state index >= 15 is 0 Å². The van der Waals surface area contributed by atoms with Crippen molar-refractivity contribution in [2.24, 2.45) is 0 Å². The number of para-hydroxylation sites is 1. The number of nitrogens with zero attached hydrogens (tertiary/aromatic N) is 1. The van der Waals surface area contributed by atoms with Crippen LogP contribution in [-0.2, 0) is 6.54 Å². The smallest absolute Gasteiger partial charge is 0.255 e. The first-order valence-corrected chi connectivity index (χ1v) is 6.02. The summed E-state index contributed by atoms with van der Waals surface area (Å²) < 4.78 is 10.3.